The minimum absolute atomic E-state index is 0.00962. The number of likely N-dealkylation sites (tertiary alicyclic amines) is 1. The largest absolute Gasteiger partial charge is 0.513 e. The van der Waals surface area contributed by atoms with Gasteiger partial charge in [0.05, 0.1) is 13.7 Å². The van der Waals surface area contributed by atoms with Crippen LogP contribution >= 0.6 is 0 Å². The molecule has 2 aromatic rings. The minimum Gasteiger partial charge on any atom is -0.497 e. The van der Waals surface area contributed by atoms with Gasteiger partial charge in [-0.3, -0.25) is 9.59 Å². The van der Waals surface area contributed by atoms with Crippen LogP contribution in [0.4, 0.5) is 4.79 Å². The summed E-state index contributed by atoms with van der Waals surface area (Å²) in [5.41, 5.74) is 1.55. The maximum atomic E-state index is 12.6. The number of hydrogen-bond donors (Lipinski definition) is 1. The summed E-state index contributed by atoms with van der Waals surface area (Å²) in [4.78, 5) is 38.3. The van der Waals surface area contributed by atoms with Gasteiger partial charge in [0, 0.05) is 31.1 Å². The topological polar surface area (TPSA) is 94.2 Å². The third kappa shape index (κ3) is 7.24. The molecule has 8 heteroatoms. The Morgan fingerprint density at radius 3 is 2.42 bits per heavy atom. The van der Waals surface area contributed by atoms with Crippen molar-refractivity contribution in [2.24, 2.45) is 0 Å². The van der Waals surface area contributed by atoms with Gasteiger partial charge in [0.1, 0.15) is 11.5 Å². The fourth-order valence-electron chi connectivity index (χ4n) is 3.70. The molecule has 0 radical (unpaired) electrons. The second-order valence-electron chi connectivity index (χ2n) is 7.79. The fourth-order valence-corrected chi connectivity index (χ4v) is 3.70. The van der Waals surface area contributed by atoms with E-state index in [2.05, 4.69) is 5.32 Å². The summed E-state index contributed by atoms with van der Waals surface area (Å²) in [5.74, 6) is 1.03. The molecule has 0 spiro atoms. The lowest BCUT2D eigenvalue weighted by Crippen LogP contribution is -2.46. The minimum atomic E-state index is -0.778. The fraction of sp³-hybridized carbons (Fsp3) is 0.400. The van der Waals surface area contributed by atoms with Crippen LogP contribution in [0.5, 0.6) is 11.5 Å². The summed E-state index contributed by atoms with van der Waals surface area (Å²) in [6, 6.07) is 14.1. The second kappa shape index (κ2) is 11.9. The number of methoxy groups -OCH3 is 1. The van der Waals surface area contributed by atoms with Gasteiger partial charge in [-0.05, 0) is 68.1 Å². The number of rotatable bonds is 8. The molecule has 2 amide bonds. The van der Waals surface area contributed by atoms with Crippen LogP contribution < -0.4 is 14.8 Å². The van der Waals surface area contributed by atoms with Crippen molar-refractivity contribution >= 4 is 18.0 Å². The molecule has 33 heavy (non-hydrogen) atoms. The number of nitrogens with zero attached hydrogens (tertiary/aromatic N) is 1. The Balaban J connectivity index is 1.41. The van der Waals surface area contributed by atoms with Crippen LogP contribution in [0.25, 0.3) is 0 Å². The van der Waals surface area contributed by atoms with Crippen molar-refractivity contribution in [3.8, 4) is 11.5 Å². The van der Waals surface area contributed by atoms with Gasteiger partial charge >= 0.3 is 6.16 Å². The van der Waals surface area contributed by atoms with Gasteiger partial charge in [0.15, 0.2) is 0 Å². The van der Waals surface area contributed by atoms with E-state index in [0.29, 0.717) is 50.1 Å². The number of nitrogens with one attached hydrogen (secondary N) is 1. The van der Waals surface area contributed by atoms with Gasteiger partial charge in [-0.25, -0.2) is 4.79 Å². The number of ether oxygens (including phenoxy) is 3. The number of piperidine rings is 1. The van der Waals surface area contributed by atoms with Gasteiger partial charge < -0.3 is 24.4 Å². The third-order valence-corrected chi connectivity index (χ3v) is 5.52. The van der Waals surface area contributed by atoms with Crippen molar-refractivity contribution < 1.29 is 28.6 Å². The van der Waals surface area contributed by atoms with Crippen LogP contribution in [0.3, 0.4) is 0 Å². The highest BCUT2D eigenvalue weighted by molar-refractivity contribution is 5.94. The lowest BCUT2D eigenvalue weighted by molar-refractivity contribution is -0.132. The van der Waals surface area contributed by atoms with Crippen LogP contribution in [0.1, 0.15) is 42.1 Å². The lowest BCUT2D eigenvalue weighted by Gasteiger charge is -2.32. The number of aryl methyl sites for hydroxylation is 1. The summed E-state index contributed by atoms with van der Waals surface area (Å²) >= 11 is 0. The SMILES string of the molecule is CCOC(=O)Oc1ccc(C(=O)NC2CCN(C(=O)CCc3cccc(OC)c3)CC2)cc1. The molecule has 0 bridgehead atoms. The molecule has 8 nitrogen and oxygen atoms in total. The summed E-state index contributed by atoms with van der Waals surface area (Å²) in [7, 11) is 1.63. The zero-order valence-electron chi connectivity index (χ0n) is 19.0. The summed E-state index contributed by atoms with van der Waals surface area (Å²) < 4.78 is 14.9. The van der Waals surface area contributed by atoms with E-state index in [1.807, 2.05) is 29.2 Å². The molecule has 0 saturated carbocycles. The Bertz CT molecular complexity index is 952. The molecular formula is C25H30N2O6. The third-order valence-electron chi connectivity index (χ3n) is 5.52. The monoisotopic (exact) mass is 454 g/mol. The van der Waals surface area contributed by atoms with Gasteiger partial charge in [-0.15, -0.1) is 0 Å². The quantitative estimate of drug-likeness (QED) is 0.484. The Hall–Kier alpha value is -3.55. The molecule has 0 atom stereocenters. The lowest BCUT2D eigenvalue weighted by atomic mass is 10.0. The van der Waals surface area contributed by atoms with Crippen LogP contribution in [0, 0.1) is 0 Å². The number of benzene rings is 2. The van der Waals surface area contributed by atoms with Crippen molar-refractivity contribution in [3.63, 3.8) is 0 Å². The van der Waals surface area contributed by atoms with E-state index in [1.54, 1.807) is 38.3 Å². The van der Waals surface area contributed by atoms with Crippen LogP contribution in [0.2, 0.25) is 0 Å². The van der Waals surface area contributed by atoms with E-state index >= 15 is 0 Å². The predicted octanol–water partition coefficient (Wildman–Crippen LogP) is 3.58. The van der Waals surface area contributed by atoms with Crippen LogP contribution in [-0.4, -0.2) is 55.7 Å². The molecule has 0 aromatic heterocycles. The highest BCUT2D eigenvalue weighted by Crippen LogP contribution is 2.17. The van der Waals surface area contributed by atoms with E-state index in [9.17, 15) is 14.4 Å². The average molecular weight is 455 g/mol. The van der Waals surface area contributed by atoms with Crippen molar-refractivity contribution in [2.75, 3.05) is 26.8 Å². The van der Waals surface area contributed by atoms with Crippen molar-refractivity contribution in [1.29, 1.82) is 0 Å². The number of carbonyl (C=O) groups is 3. The Morgan fingerprint density at radius 1 is 1.03 bits per heavy atom. The zero-order chi connectivity index (χ0) is 23.6. The number of carbonyl (C=O) groups excluding carboxylic acids is 3. The predicted molar refractivity (Wildman–Crippen MR) is 122 cm³/mol. The highest BCUT2D eigenvalue weighted by atomic mass is 16.7. The molecule has 176 valence electrons. The van der Waals surface area contributed by atoms with Gasteiger partial charge in [-0.1, -0.05) is 12.1 Å². The van der Waals surface area contributed by atoms with E-state index in [0.717, 1.165) is 11.3 Å². The highest BCUT2D eigenvalue weighted by Gasteiger charge is 2.24. The maximum absolute atomic E-state index is 12.6. The first-order chi connectivity index (χ1) is 16.0. The smallest absolute Gasteiger partial charge is 0.497 e. The van der Waals surface area contributed by atoms with Crippen molar-refractivity contribution in [2.45, 2.75) is 38.6 Å². The van der Waals surface area contributed by atoms with Crippen molar-refractivity contribution in [3.05, 3.63) is 59.7 Å². The standard InChI is InChI=1S/C25H30N2O6/c1-3-32-25(30)33-21-10-8-19(9-11-21)24(29)26-20-13-15-27(16-14-20)23(28)12-7-18-5-4-6-22(17-18)31-2/h4-6,8-11,17,20H,3,7,12-16H2,1-2H3,(H,26,29). The van der Waals surface area contributed by atoms with Crippen molar-refractivity contribution in [1.82, 2.24) is 10.2 Å². The molecule has 1 fully saturated rings. The molecule has 0 unspecified atom stereocenters. The first-order valence-corrected chi connectivity index (χ1v) is 11.1. The van der Waals surface area contributed by atoms with E-state index in [-0.39, 0.29) is 24.5 Å². The molecule has 2 aromatic carbocycles. The Kier molecular flexibility index (Phi) is 8.69. The summed E-state index contributed by atoms with van der Waals surface area (Å²) in [6.45, 7) is 3.16. The number of amides is 2. The molecule has 0 aliphatic carbocycles. The summed E-state index contributed by atoms with van der Waals surface area (Å²) in [5, 5.41) is 3.02. The molecule has 1 aliphatic heterocycles. The second-order valence-corrected chi connectivity index (χ2v) is 7.79. The number of hydrogen-bond acceptors (Lipinski definition) is 6. The first-order valence-electron chi connectivity index (χ1n) is 11.1. The molecule has 1 aliphatic rings. The van der Waals surface area contributed by atoms with Gasteiger partial charge in [0.2, 0.25) is 5.91 Å². The Morgan fingerprint density at radius 2 is 1.76 bits per heavy atom. The molecule has 1 saturated heterocycles. The first kappa shape index (κ1) is 24.1. The maximum Gasteiger partial charge on any atom is 0.513 e. The van der Waals surface area contributed by atoms with Crippen LogP contribution in [0.15, 0.2) is 48.5 Å². The van der Waals surface area contributed by atoms with E-state index < -0.39 is 6.16 Å². The average Bonchev–Trinajstić information content (AvgIpc) is 2.83. The van der Waals surface area contributed by atoms with Crippen LogP contribution in [-0.2, 0) is 16.0 Å². The van der Waals surface area contributed by atoms with Gasteiger partial charge in [0.25, 0.3) is 5.91 Å². The van der Waals surface area contributed by atoms with E-state index in [1.165, 1.54) is 0 Å². The van der Waals surface area contributed by atoms with E-state index in [4.69, 9.17) is 14.2 Å². The zero-order valence-corrected chi connectivity index (χ0v) is 19.0. The summed E-state index contributed by atoms with van der Waals surface area (Å²) in [6.07, 6.45) is 1.76. The molecule has 1 N–H and O–H groups in total. The van der Waals surface area contributed by atoms with Gasteiger partial charge in [-0.2, -0.15) is 0 Å². The normalized spacial score (nSPS) is 13.8. The Labute approximate surface area is 193 Å². The molecular weight excluding hydrogens is 424 g/mol. The molecule has 1 heterocycles. The molecule has 3 rings (SSSR count).